The summed E-state index contributed by atoms with van der Waals surface area (Å²) in [5.41, 5.74) is 1.15. The summed E-state index contributed by atoms with van der Waals surface area (Å²) < 4.78 is 9.85. The molecule has 2 rings (SSSR count). The molecule has 1 fully saturated rings. The van der Waals surface area contributed by atoms with E-state index in [1.54, 1.807) is 18.2 Å². The molecule has 0 spiro atoms. The molecular weight excluding hydrogens is 248 g/mol. The largest absolute Gasteiger partial charge is 0.422 e. The van der Waals surface area contributed by atoms with Gasteiger partial charge in [-0.1, -0.05) is 23.8 Å². The maximum atomic E-state index is 12.2. The number of hydrogen-bond acceptors (Lipinski definition) is 5. The van der Waals surface area contributed by atoms with Crippen LogP contribution in [0.1, 0.15) is 29.8 Å². The first-order valence-corrected chi connectivity index (χ1v) is 5.87. The van der Waals surface area contributed by atoms with Gasteiger partial charge in [-0.3, -0.25) is 14.4 Å². The Balaban J connectivity index is 2.29. The number of esters is 2. The normalized spacial score (nSPS) is 18.7. The number of Topliss-reactive ketones (excluding diaryl/α,β-unsaturated/α-hetero) is 1. The average molecular weight is 262 g/mol. The topological polar surface area (TPSA) is 69.7 Å². The molecule has 1 aliphatic rings. The molecule has 1 heterocycles. The second-order valence-corrected chi connectivity index (χ2v) is 4.91. The first kappa shape index (κ1) is 13.3. The van der Waals surface area contributed by atoms with Crippen LogP contribution in [0.4, 0.5) is 0 Å². The van der Waals surface area contributed by atoms with Crippen molar-refractivity contribution in [2.45, 2.75) is 26.6 Å². The Kier molecular flexibility index (Phi) is 3.14. The first-order valence-electron chi connectivity index (χ1n) is 5.87. The number of carbonyl (C=O) groups excluding carboxylic acids is 3. The zero-order chi connectivity index (χ0) is 14.2. The molecule has 0 atom stereocenters. The second kappa shape index (κ2) is 4.50. The maximum Gasteiger partial charge on any atom is 0.331 e. The molecule has 1 aliphatic heterocycles. The van der Waals surface area contributed by atoms with Gasteiger partial charge in [0.05, 0.1) is 0 Å². The summed E-state index contributed by atoms with van der Waals surface area (Å²) in [6.07, 6.45) is 0. The summed E-state index contributed by atoms with van der Waals surface area (Å²) in [4.78, 5) is 35.7. The molecule has 1 saturated heterocycles. The number of aryl methyl sites for hydroxylation is 1. The standard InChI is InChI=1S/C14H14O5/c1-8-5-4-6-9(7-8)11(15)10-12(16)18-14(2,3)19-13(10)17/h4-7,10H,1-3H3. The van der Waals surface area contributed by atoms with E-state index < -0.39 is 29.4 Å². The summed E-state index contributed by atoms with van der Waals surface area (Å²) in [6.45, 7) is 4.70. The van der Waals surface area contributed by atoms with Crippen molar-refractivity contribution in [2.75, 3.05) is 0 Å². The molecule has 0 unspecified atom stereocenters. The lowest BCUT2D eigenvalue weighted by molar-refractivity contribution is -0.236. The van der Waals surface area contributed by atoms with Crippen molar-refractivity contribution in [2.24, 2.45) is 5.92 Å². The number of carbonyl (C=O) groups is 3. The van der Waals surface area contributed by atoms with Crippen LogP contribution in [0.15, 0.2) is 24.3 Å². The molecule has 0 bridgehead atoms. The number of cyclic esters (lactones) is 2. The van der Waals surface area contributed by atoms with Gasteiger partial charge in [0.2, 0.25) is 5.92 Å². The maximum absolute atomic E-state index is 12.2. The van der Waals surface area contributed by atoms with Gasteiger partial charge in [-0.2, -0.15) is 0 Å². The van der Waals surface area contributed by atoms with E-state index in [1.165, 1.54) is 13.8 Å². The summed E-state index contributed by atoms with van der Waals surface area (Å²) in [6, 6.07) is 6.67. The van der Waals surface area contributed by atoms with E-state index in [-0.39, 0.29) is 0 Å². The minimum atomic E-state index is -1.53. The van der Waals surface area contributed by atoms with Gasteiger partial charge in [-0.05, 0) is 13.0 Å². The number of hydrogen-bond donors (Lipinski definition) is 0. The number of rotatable bonds is 2. The van der Waals surface area contributed by atoms with Crippen LogP contribution in [0.3, 0.4) is 0 Å². The van der Waals surface area contributed by atoms with Crippen LogP contribution in [0, 0.1) is 12.8 Å². The van der Waals surface area contributed by atoms with Crippen LogP contribution in [-0.2, 0) is 19.1 Å². The lowest BCUT2D eigenvalue weighted by Gasteiger charge is -2.32. The van der Waals surface area contributed by atoms with Crippen LogP contribution in [-0.4, -0.2) is 23.5 Å². The van der Waals surface area contributed by atoms with E-state index in [1.807, 2.05) is 13.0 Å². The van der Waals surface area contributed by atoms with Crippen molar-refractivity contribution in [3.05, 3.63) is 35.4 Å². The molecule has 0 amide bonds. The van der Waals surface area contributed by atoms with E-state index in [9.17, 15) is 14.4 Å². The summed E-state index contributed by atoms with van der Waals surface area (Å²) in [7, 11) is 0. The minimum absolute atomic E-state index is 0.290. The van der Waals surface area contributed by atoms with Gasteiger partial charge in [-0.15, -0.1) is 0 Å². The van der Waals surface area contributed by atoms with Gasteiger partial charge in [0.1, 0.15) is 0 Å². The predicted molar refractivity (Wildman–Crippen MR) is 65.3 cm³/mol. The predicted octanol–water partition coefficient (Wildman–Crippen LogP) is 1.63. The van der Waals surface area contributed by atoms with Crippen LogP contribution in [0.5, 0.6) is 0 Å². The fraction of sp³-hybridized carbons (Fsp3) is 0.357. The third kappa shape index (κ3) is 2.65. The molecule has 0 radical (unpaired) electrons. The highest BCUT2D eigenvalue weighted by molar-refractivity contribution is 6.21. The third-order valence-corrected chi connectivity index (χ3v) is 2.73. The Morgan fingerprint density at radius 2 is 1.74 bits per heavy atom. The Hall–Kier alpha value is -2.17. The van der Waals surface area contributed by atoms with Gasteiger partial charge in [0, 0.05) is 19.4 Å². The van der Waals surface area contributed by atoms with Crippen LogP contribution >= 0.6 is 0 Å². The minimum Gasteiger partial charge on any atom is -0.422 e. The number of benzene rings is 1. The monoisotopic (exact) mass is 262 g/mol. The van der Waals surface area contributed by atoms with Gasteiger partial charge in [0.15, 0.2) is 5.78 Å². The van der Waals surface area contributed by atoms with E-state index in [0.717, 1.165) is 5.56 Å². The van der Waals surface area contributed by atoms with Gasteiger partial charge >= 0.3 is 11.9 Å². The highest BCUT2D eigenvalue weighted by Crippen LogP contribution is 2.25. The Labute approximate surface area is 110 Å². The molecule has 0 N–H and O–H groups in total. The third-order valence-electron chi connectivity index (χ3n) is 2.73. The van der Waals surface area contributed by atoms with Crippen molar-refractivity contribution in [3.63, 3.8) is 0 Å². The van der Waals surface area contributed by atoms with E-state index >= 15 is 0 Å². The van der Waals surface area contributed by atoms with Crippen molar-refractivity contribution < 1.29 is 23.9 Å². The highest BCUT2D eigenvalue weighted by atomic mass is 16.7. The van der Waals surface area contributed by atoms with E-state index in [0.29, 0.717) is 5.56 Å². The number of ketones is 1. The molecule has 5 nitrogen and oxygen atoms in total. The fourth-order valence-electron chi connectivity index (χ4n) is 1.90. The second-order valence-electron chi connectivity index (χ2n) is 4.91. The fourth-order valence-corrected chi connectivity index (χ4v) is 1.90. The SMILES string of the molecule is Cc1cccc(C(=O)C2C(=O)OC(C)(C)OC2=O)c1. The van der Waals surface area contributed by atoms with Crippen molar-refractivity contribution >= 4 is 17.7 Å². The first-order chi connectivity index (χ1) is 8.80. The average Bonchev–Trinajstić information content (AvgIpc) is 2.25. The zero-order valence-corrected chi connectivity index (χ0v) is 10.9. The number of ether oxygens (including phenoxy) is 2. The molecule has 5 heteroatoms. The highest BCUT2D eigenvalue weighted by Gasteiger charge is 2.47. The molecule has 19 heavy (non-hydrogen) atoms. The Bertz CT molecular complexity index is 539. The lowest BCUT2D eigenvalue weighted by atomic mass is 9.95. The molecule has 1 aromatic carbocycles. The molecule has 0 saturated carbocycles. The van der Waals surface area contributed by atoms with Gasteiger partial charge in [-0.25, -0.2) is 0 Å². The molecular formula is C14H14O5. The Morgan fingerprint density at radius 3 is 2.26 bits per heavy atom. The zero-order valence-electron chi connectivity index (χ0n) is 10.9. The smallest absolute Gasteiger partial charge is 0.331 e. The molecule has 0 aromatic heterocycles. The van der Waals surface area contributed by atoms with Crippen LogP contribution in [0.2, 0.25) is 0 Å². The summed E-state index contributed by atoms with van der Waals surface area (Å²) >= 11 is 0. The molecule has 100 valence electrons. The van der Waals surface area contributed by atoms with Crippen molar-refractivity contribution in [1.82, 2.24) is 0 Å². The van der Waals surface area contributed by atoms with Gasteiger partial charge < -0.3 is 9.47 Å². The van der Waals surface area contributed by atoms with Gasteiger partial charge in [0.25, 0.3) is 5.79 Å². The van der Waals surface area contributed by atoms with Crippen molar-refractivity contribution in [1.29, 1.82) is 0 Å². The summed E-state index contributed by atoms with van der Waals surface area (Å²) in [5, 5.41) is 0. The van der Waals surface area contributed by atoms with E-state index in [2.05, 4.69) is 0 Å². The van der Waals surface area contributed by atoms with Crippen molar-refractivity contribution in [3.8, 4) is 0 Å². The molecule has 1 aromatic rings. The van der Waals surface area contributed by atoms with E-state index in [4.69, 9.17) is 9.47 Å². The summed E-state index contributed by atoms with van der Waals surface area (Å²) in [5.74, 6) is -5.19. The molecule has 0 aliphatic carbocycles. The Morgan fingerprint density at radius 1 is 1.16 bits per heavy atom. The lowest BCUT2D eigenvalue weighted by Crippen LogP contribution is -2.49. The van der Waals surface area contributed by atoms with Crippen LogP contribution in [0.25, 0.3) is 0 Å². The van der Waals surface area contributed by atoms with Crippen LogP contribution < -0.4 is 0 Å². The quantitative estimate of drug-likeness (QED) is 0.460.